The van der Waals surface area contributed by atoms with Crippen molar-refractivity contribution < 1.29 is 8.78 Å². The number of fused-ring (bicyclic) bond motifs is 1. The van der Waals surface area contributed by atoms with Gasteiger partial charge < -0.3 is 10.6 Å². The third kappa shape index (κ3) is 3.74. The van der Waals surface area contributed by atoms with Crippen molar-refractivity contribution in [1.29, 1.82) is 5.26 Å². The number of rotatable bonds is 5. The highest BCUT2D eigenvalue weighted by atomic mass is 19.1. The number of nitrogens with one attached hydrogen (secondary N) is 2. The van der Waals surface area contributed by atoms with Crippen LogP contribution in [-0.2, 0) is 13.0 Å². The fourth-order valence-electron chi connectivity index (χ4n) is 3.24. The molecule has 0 aliphatic carbocycles. The Bertz CT molecular complexity index is 1060. The van der Waals surface area contributed by atoms with Gasteiger partial charge in [0.05, 0.1) is 11.8 Å². The largest absolute Gasteiger partial charge is 0.369 e. The van der Waals surface area contributed by atoms with Crippen molar-refractivity contribution in [3.05, 3.63) is 76.9 Å². The molecule has 0 aromatic carbocycles. The number of pyridine rings is 3. The van der Waals surface area contributed by atoms with Gasteiger partial charge in [0.15, 0.2) is 0 Å². The van der Waals surface area contributed by atoms with Crippen molar-refractivity contribution in [3.63, 3.8) is 0 Å². The van der Waals surface area contributed by atoms with Crippen LogP contribution in [0.15, 0.2) is 42.9 Å². The molecule has 0 fully saturated rings. The van der Waals surface area contributed by atoms with Crippen LogP contribution in [0.4, 0.5) is 20.4 Å². The van der Waals surface area contributed by atoms with E-state index in [1.54, 1.807) is 18.2 Å². The molecule has 2 N–H and O–H groups in total. The van der Waals surface area contributed by atoms with Crippen LogP contribution in [0.2, 0.25) is 0 Å². The second-order valence-corrected chi connectivity index (χ2v) is 6.57. The zero-order chi connectivity index (χ0) is 19.5. The predicted molar refractivity (Wildman–Crippen MR) is 99.6 cm³/mol. The summed E-state index contributed by atoms with van der Waals surface area (Å²) in [6.07, 6.45) is 4.63. The molecule has 3 aromatic rings. The molecule has 1 unspecified atom stereocenters. The predicted octanol–water partition coefficient (Wildman–Crippen LogP) is 3.39. The third-order valence-corrected chi connectivity index (χ3v) is 4.63. The summed E-state index contributed by atoms with van der Waals surface area (Å²) in [6, 6.07) is 8.61. The van der Waals surface area contributed by atoms with E-state index in [9.17, 15) is 8.78 Å². The molecule has 0 saturated heterocycles. The van der Waals surface area contributed by atoms with Crippen LogP contribution in [0.1, 0.15) is 28.2 Å². The van der Waals surface area contributed by atoms with E-state index in [0.29, 0.717) is 42.0 Å². The molecule has 28 heavy (non-hydrogen) atoms. The van der Waals surface area contributed by atoms with E-state index >= 15 is 0 Å². The molecular weight excluding hydrogens is 362 g/mol. The molecule has 6 nitrogen and oxygen atoms in total. The van der Waals surface area contributed by atoms with Gasteiger partial charge in [-0.25, -0.2) is 14.4 Å². The first-order chi connectivity index (χ1) is 13.6. The number of nitriles is 1. The first kappa shape index (κ1) is 17.8. The van der Waals surface area contributed by atoms with Gasteiger partial charge in [0, 0.05) is 42.5 Å². The topological polar surface area (TPSA) is 86.5 Å². The number of nitrogens with zero attached hydrogens (tertiary/aromatic N) is 4. The highest BCUT2D eigenvalue weighted by Gasteiger charge is 2.25. The summed E-state index contributed by atoms with van der Waals surface area (Å²) >= 11 is 0. The minimum absolute atomic E-state index is 0.0178. The maximum atomic E-state index is 14.5. The standard InChI is InChI=1S/C20H16F2N6/c21-16-3-13(7-24-11-16)9-25-18-2-1-14(19(22)28-18)5-15-10-27-20-17(15)4-12(6-23)8-26-20/h1-4,7-8,11,15H,5,9-10H2,(H,25,28)(H,26,27). The van der Waals surface area contributed by atoms with Crippen molar-refractivity contribution in [2.75, 3.05) is 17.2 Å². The van der Waals surface area contributed by atoms with Gasteiger partial charge >= 0.3 is 0 Å². The Hall–Kier alpha value is -3.60. The summed E-state index contributed by atoms with van der Waals surface area (Å²) in [5, 5.41) is 15.2. The normalized spacial score (nSPS) is 14.8. The number of halogens is 2. The van der Waals surface area contributed by atoms with Crippen molar-refractivity contribution >= 4 is 11.6 Å². The molecule has 0 amide bonds. The summed E-state index contributed by atoms with van der Waals surface area (Å²) in [4.78, 5) is 12.0. The van der Waals surface area contributed by atoms with Crippen LogP contribution in [0, 0.1) is 23.1 Å². The minimum Gasteiger partial charge on any atom is -0.369 e. The van der Waals surface area contributed by atoms with Gasteiger partial charge in [0.25, 0.3) is 0 Å². The van der Waals surface area contributed by atoms with Crippen LogP contribution < -0.4 is 10.6 Å². The Morgan fingerprint density at radius 1 is 1.21 bits per heavy atom. The van der Waals surface area contributed by atoms with Gasteiger partial charge in [-0.05, 0) is 30.2 Å². The lowest BCUT2D eigenvalue weighted by Gasteiger charge is -2.12. The van der Waals surface area contributed by atoms with Crippen molar-refractivity contribution in [2.24, 2.45) is 0 Å². The molecule has 1 aliphatic heterocycles. The van der Waals surface area contributed by atoms with Crippen LogP contribution >= 0.6 is 0 Å². The van der Waals surface area contributed by atoms with E-state index < -0.39 is 11.8 Å². The summed E-state index contributed by atoms with van der Waals surface area (Å²) in [6.45, 7) is 0.919. The molecular formula is C20H16F2N6. The van der Waals surface area contributed by atoms with Crippen molar-refractivity contribution in [1.82, 2.24) is 15.0 Å². The molecule has 8 heteroatoms. The molecule has 0 spiro atoms. The molecule has 1 atom stereocenters. The maximum Gasteiger partial charge on any atom is 0.218 e. The van der Waals surface area contributed by atoms with E-state index in [2.05, 4.69) is 31.7 Å². The second kappa shape index (κ2) is 7.56. The summed E-state index contributed by atoms with van der Waals surface area (Å²) in [5.41, 5.74) is 2.53. The Morgan fingerprint density at radius 2 is 2.11 bits per heavy atom. The van der Waals surface area contributed by atoms with Gasteiger partial charge in [-0.1, -0.05) is 6.07 Å². The van der Waals surface area contributed by atoms with E-state index in [-0.39, 0.29) is 5.92 Å². The highest BCUT2D eigenvalue weighted by Crippen LogP contribution is 2.33. The summed E-state index contributed by atoms with van der Waals surface area (Å²) in [5.74, 6) is 0.140. The minimum atomic E-state index is -0.555. The van der Waals surface area contributed by atoms with E-state index in [0.717, 1.165) is 17.6 Å². The van der Waals surface area contributed by atoms with E-state index in [4.69, 9.17) is 5.26 Å². The first-order valence-electron chi connectivity index (χ1n) is 8.75. The monoisotopic (exact) mass is 378 g/mol. The summed E-state index contributed by atoms with van der Waals surface area (Å²) < 4.78 is 27.7. The lowest BCUT2D eigenvalue weighted by Crippen LogP contribution is -2.09. The Balaban J connectivity index is 1.45. The molecule has 3 aromatic heterocycles. The number of hydrogen-bond donors (Lipinski definition) is 2. The molecule has 0 saturated carbocycles. The quantitative estimate of drug-likeness (QED) is 0.662. The molecule has 1 aliphatic rings. The highest BCUT2D eigenvalue weighted by molar-refractivity contribution is 5.55. The maximum absolute atomic E-state index is 14.5. The second-order valence-electron chi connectivity index (χ2n) is 6.57. The number of aromatic nitrogens is 3. The SMILES string of the molecule is N#Cc1cnc2c(c1)C(Cc1ccc(NCc3cncc(F)c3)nc1F)CN2. The molecule has 4 rings (SSSR count). The molecule has 0 bridgehead atoms. The Morgan fingerprint density at radius 3 is 2.89 bits per heavy atom. The van der Waals surface area contributed by atoms with Crippen LogP contribution in [0.5, 0.6) is 0 Å². The van der Waals surface area contributed by atoms with Gasteiger partial charge in [0.2, 0.25) is 5.95 Å². The average Bonchev–Trinajstić information content (AvgIpc) is 3.10. The van der Waals surface area contributed by atoms with Crippen molar-refractivity contribution in [3.8, 4) is 6.07 Å². The average molecular weight is 378 g/mol. The van der Waals surface area contributed by atoms with E-state index in [1.807, 2.05) is 0 Å². The van der Waals surface area contributed by atoms with Gasteiger partial charge in [0.1, 0.15) is 23.5 Å². The zero-order valence-corrected chi connectivity index (χ0v) is 14.8. The Labute approximate surface area is 160 Å². The molecule has 0 radical (unpaired) electrons. The fraction of sp³-hybridized carbons (Fsp3) is 0.200. The van der Waals surface area contributed by atoms with Gasteiger partial charge in [-0.15, -0.1) is 0 Å². The number of anilines is 2. The third-order valence-electron chi connectivity index (χ3n) is 4.63. The zero-order valence-electron chi connectivity index (χ0n) is 14.8. The van der Waals surface area contributed by atoms with E-state index in [1.165, 1.54) is 18.5 Å². The van der Waals surface area contributed by atoms with Crippen LogP contribution in [0.3, 0.4) is 0 Å². The van der Waals surface area contributed by atoms with Crippen molar-refractivity contribution in [2.45, 2.75) is 18.9 Å². The van der Waals surface area contributed by atoms with Crippen LogP contribution in [-0.4, -0.2) is 21.5 Å². The first-order valence-corrected chi connectivity index (χ1v) is 8.75. The van der Waals surface area contributed by atoms with Crippen LogP contribution in [0.25, 0.3) is 0 Å². The fourth-order valence-corrected chi connectivity index (χ4v) is 3.24. The Kier molecular flexibility index (Phi) is 4.81. The number of hydrogen-bond acceptors (Lipinski definition) is 6. The molecule has 4 heterocycles. The van der Waals surface area contributed by atoms with Gasteiger partial charge in [-0.2, -0.15) is 9.65 Å². The lowest BCUT2D eigenvalue weighted by molar-refractivity contribution is 0.558. The smallest absolute Gasteiger partial charge is 0.218 e. The summed E-state index contributed by atoms with van der Waals surface area (Å²) in [7, 11) is 0. The molecule has 140 valence electrons. The van der Waals surface area contributed by atoms with Gasteiger partial charge in [-0.3, -0.25) is 4.98 Å². The lowest BCUT2D eigenvalue weighted by atomic mass is 9.94.